The van der Waals surface area contributed by atoms with Crippen LogP contribution in [0.2, 0.25) is 0 Å². The van der Waals surface area contributed by atoms with Crippen LogP contribution in [0.15, 0.2) is 24.3 Å². The first-order valence-corrected chi connectivity index (χ1v) is 6.65. The number of hydrogen-bond donors (Lipinski definition) is 1. The van der Waals surface area contributed by atoms with Gasteiger partial charge < -0.3 is 5.73 Å². The molecule has 0 aromatic heterocycles. The molecule has 2 rings (SSSR count). The van der Waals surface area contributed by atoms with Gasteiger partial charge in [-0.15, -0.1) is 12.4 Å². The molecule has 0 aliphatic carbocycles. The van der Waals surface area contributed by atoms with Crippen molar-refractivity contribution in [2.24, 2.45) is 11.7 Å². The van der Waals surface area contributed by atoms with Crippen LogP contribution in [0.3, 0.4) is 0 Å². The lowest BCUT2D eigenvalue weighted by molar-refractivity contribution is -0.120. The third kappa shape index (κ3) is 3.49. The monoisotopic (exact) mass is 310 g/mol. The van der Waals surface area contributed by atoms with Crippen molar-refractivity contribution in [1.29, 1.82) is 0 Å². The molecule has 0 bridgehead atoms. The maximum atomic E-state index is 12.1. The predicted octanol–water partition coefficient (Wildman–Crippen LogP) is 1.65. The van der Waals surface area contributed by atoms with Gasteiger partial charge >= 0.3 is 0 Å². The zero-order valence-corrected chi connectivity index (χ0v) is 12.9. The Balaban J connectivity index is 0.00000220. The van der Waals surface area contributed by atoms with Gasteiger partial charge in [-0.3, -0.25) is 19.3 Å². The Bertz CT molecular complexity index is 537. The lowest BCUT2D eigenvalue weighted by Crippen LogP contribution is -2.42. The van der Waals surface area contributed by atoms with Crippen molar-refractivity contribution in [2.75, 3.05) is 6.54 Å². The third-order valence-electron chi connectivity index (χ3n) is 3.33. The zero-order valence-electron chi connectivity index (χ0n) is 12.0. The van der Waals surface area contributed by atoms with Crippen molar-refractivity contribution in [2.45, 2.75) is 26.3 Å². The molecule has 1 aliphatic rings. The summed E-state index contributed by atoms with van der Waals surface area (Å²) in [5.41, 5.74) is 6.49. The van der Waals surface area contributed by atoms with E-state index in [2.05, 4.69) is 0 Å². The van der Waals surface area contributed by atoms with E-state index >= 15 is 0 Å². The summed E-state index contributed by atoms with van der Waals surface area (Å²) >= 11 is 0. The van der Waals surface area contributed by atoms with E-state index in [-0.39, 0.29) is 30.7 Å². The van der Waals surface area contributed by atoms with Crippen LogP contribution in [-0.2, 0) is 4.79 Å². The van der Waals surface area contributed by atoms with Crippen molar-refractivity contribution in [3.63, 3.8) is 0 Å². The molecule has 0 saturated heterocycles. The first kappa shape index (κ1) is 17.3. The van der Waals surface area contributed by atoms with E-state index in [1.807, 2.05) is 13.8 Å². The van der Waals surface area contributed by atoms with Crippen LogP contribution in [0, 0.1) is 5.92 Å². The second-order valence-corrected chi connectivity index (χ2v) is 5.44. The summed E-state index contributed by atoms with van der Waals surface area (Å²) in [6.07, 6.45) is 0.544. The average molecular weight is 311 g/mol. The van der Waals surface area contributed by atoms with E-state index in [0.717, 1.165) is 4.90 Å². The fourth-order valence-electron chi connectivity index (χ4n) is 2.30. The normalized spacial score (nSPS) is 15.0. The highest BCUT2D eigenvalue weighted by atomic mass is 35.5. The second kappa shape index (κ2) is 6.83. The van der Waals surface area contributed by atoms with Gasteiger partial charge in [-0.25, -0.2) is 0 Å². The topological polar surface area (TPSA) is 80.5 Å². The van der Waals surface area contributed by atoms with Crippen molar-refractivity contribution < 1.29 is 14.4 Å². The number of benzene rings is 1. The number of nitrogens with zero attached hydrogens (tertiary/aromatic N) is 1. The average Bonchev–Trinajstić information content (AvgIpc) is 2.64. The maximum Gasteiger partial charge on any atom is 0.261 e. The number of ketones is 1. The first-order chi connectivity index (χ1) is 9.41. The Morgan fingerprint density at radius 2 is 1.62 bits per heavy atom. The van der Waals surface area contributed by atoms with Crippen LogP contribution in [0.5, 0.6) is 0 Å². The Labute approximate surface area is 129 Å². The highest BCUT2D eigenvalue weighted by Gasteiger charge is 2.36. The summed E-state index contributed by atoms with van der Waals surface area (Å²) in [5.74, 6) is -0.837. The molecule has 2 amide bonds. The van der Waals surface area contributed by atoms with Crippen LogP contribution >= 0.6 is 12.4 Å². The SMILES string of the molecule is CC(C)C[C@H](N)C(=O)CN1C(=O)c2ccccc2C1=O.Cl. The molecule has 5 nitrogen and oxygen atoms in total. The minimum atomic E-state index is -0.640. The number of amides is 2. The lowest BCUT2D eigenvalue weighted by atomic mass is 10.0. The molecule has 114 valence electrons. The van der Waals surface area contributed by atoms with Crippen LogP contribution in [0.4, 0.5) is 0 Å². The number of Topliss-reactive ketones (excluding diaryl/α,β-unsaturated/α-hetero) is 1. The highest BCUT2D eigenvalue weighted by molar-refractivity contribution is 6.22. The zero-order chi connectivity index (χ0) is 14.9. The minimum absolute atomic E-state index is 0. The molecule has 0 spiro atoms. The Kier molecular flexibility index (Phi) is 5.63. The van der Waals surface area contributed by atoms with Gasteiger partial charge in [0.2, 0.25) is 0 Å². The summed E-state index contributed by atoms with van der Waals surface area (Å²) in [6, 6.07) is 5.93. The fraction of sp³-hybridized carbons (Fsp3) is 0.400. The number of halogens is 1. The molecule has 21 heavy (non-hydrogen) atoms. The smallest absolute Gasteiger partial charge is 0.261 e. The highest BCUT2D eigenvalue weighted by Crippen LogP contribution is 2.22. The van der Waals surface area contributed by atoms with Gasteiger partial charge in [0.25, 0.3) is 11.8 Å². The largest absolute Gasteiger partial charge is 0.321 e. The van der Waals surface area contributed by atoms with Crippen molar-refractivity contribution >= 4 is 30.0 Å². The number of nitrogens with two attached hydrogens (primary N) is 1. The Morgan fingerprint density at radius 1 is 1.14 bits per heavy atom. The van der Waals surface area contributed by atoms with E-state index in [4.69, 9.17) is 5.73 Å². The standard InChI is InChI=1S/C15H18N2O3.ClH/c1-9(2)7-12(16)13(18)8-17-14(19)10-5-3-4-6-11(10)15(17)20;/h3-6,9,12H,7-8,16H2,1-2H3;1H/t12-;/m0./s1. The van der Waals surface area contributed by atoms with E-state index in [0.29, 0.717) is 17.5 Å². The Hall–Kier alpha value is -1.72. The van der Waals surface area contributed by atoms with Gasteiger partial charge in [-0.1, -0.05) is 26.0 Å². The molecule has 1 aliphatic heterocycles. The molecule has 1 heterocycles. The van der Waals surface area contributed by atoms with Crippen LogP contribution in [-0.4, -0.2) is 35.1 Å². The van der Waals surface area contributed by atoms with Gasteiger partial charge in [0, 0.05) is 0 Å². The number of hydrogen-bond acceptors (Lipinski definition) is 4. The van der Waals surface area contributed by atoms with Crippen molar-refractivity contribution in [3.8, 4) is 0 Å². The first-order valence-electron chi connectivity index (χ1n) is 6.65. The summed E-state index contributed by atoms with van der Waals surface area (Å²) in [6.45, 7) is 3.69. The fourth-order valence-corrected chi connectivity index (χ4v) is 2.30. The minimum Gasteiger partial charge on any atom is -0.321 e. The molecule has 1 atom stereocenters. The summed E-state index contributed by atoms with van der Waals surface area (Å²) in [4.78, 5) is 37.2. The quantitative estimate of drug-likeness (QED) is 0.838. The lowest BCUT2D eigenvalue weighted by Gasteiger charge is -2.17. The third-order valence-corrected chi connectivity index (χ3v) is 3.33. The molecule has 2 N–H and O–H groups in total. The molecule has 1 aromatic carbocycles. The molecule has 6 heteroatoms. The summed E-state index contributed by atoms with van der Waals surface area (Å²) in [7, 11) is 0. The molecule has 0 radical (unpaired) electrons. The van der Waals surface area contributed by atoms with Gasteiger partial charge in [-0.2, -0.15) is 0 Å². The van der Waals surface area contributed by atoms with E-state index < -0.39 is 17.9 Å². The van der Waals surface area contributed by atoms with Gasteiger partial charge in [0.15, 0.2) is 5.78 Å². The van der Waals surface area contributed by atoms with Crippen LogP contribution < -0.4 is 5.73 Å². The molecule has 0 unspecified atom stereocenters. The van der Waals surface area contributed by atoms with E-state index in [9.17, 15) is 14.4 Å². The number of imide groups is 1. The summed E-state index contributed by atoms with van der Waals surface area (Å²) < 4.78 is 0. The Morgan fingerprint density at radius 3 is 2.05 bits per heavy atom. The molecular weight excluding hydrogens is 292 g/mol. The van der Waals surface area contributed by atoms with E-state index in [1.54, 1.807) is 24.3 Å². The van der Waals surface area contributed by atoms with E-state index in [1.165, 1.54) is 0 Å². The van der Waals surface area contributed by atoms with Crippen molar-refractivity contribution in [1.82, 2.24) is 4.90 Å². The van der Waals surface area contributed by atoms with Crippen molar-refractivity contribution in [3.05, 3.63) is 35.4 Å². The van der Waals surface area contributed by atoms with Crippen LogP contribution in [0.25, 0.3) is 0 Å². The van der Waals surface area contributed by atoms with Gasteiger partial charge in [0.1, 0.15) is 0 Å². The second-order valence-electron chi connectivity index (χ2n) is 5.44. The predicted molar refractivity (Wildman–Crippen MR) is 81.5 cm³/mol. The maximum absolute atomic E-state index is 12.1. The number of rotatable bonds is 5. The molecule has 1 aromatic rings. The number of carbonyl (C=O) groups excluding carboxylic acids is 3. The molecular formula is C15H19ClN2O3. The summed E-state index contributed by atoms with van der Waals surface area (Å²) in [5, 5.41) is 0. The van der Waals surface area contributed by atoms with Crippen LogP contribution in [0.1, 0.15) is 41.0 Å². The molecule has 0 fully saturated rings. The molecule has 0 saturated carbocycles. The number of carbonyl (C=O) groups is 3. The van der Waals surface area contributed by atoms with Gasteiger partial charge in [0.05, 0.1) is 23.7 Å². The number of fused-ring (bicyclic) bond motifs is 1. The van der Waals surface area contributed by atoms with Gasteiger partial charge in [-0.05, 0) is 24.5 Å².